The Hall–Kier alpha value is -7.28. The summed E-state index contributed by atoms with van der Waals surface area (Å²) < 4.78 is 1.97. The summed E-state index contributed by atoms with van der Waals surface area (Å²) in [7, 11) is 1.87. The molecule has 0 spiro atoms. The molecule has 0 saturated heterocycles. The van der Waals surface area contributed by atoms with Crippen LogP contribution in [0.25, 0.3) is 22.3 Å². The summed E-state index contributed by atoms with van der Waals surface area (Å²) in [5, 5.41) is 43.1. The Bertz CT molecular complexity index is 2650. The topological polar surface area (TPSA) is 177 Å². The molecule has 0 bridgehead atoms. The molecule has 0 fully saturated rings. The van der Waals surface area contributed by atoms with Gasteiger partial charge >= 0.3 is 0 Å². The molecule has 4 aromatic heterocycles. The van der Waals surface area contributed by atoms with E-state index in [4.69, 9.17) is 21.0 Å². The second-order valence-corrected chi connectivity index (χ2v) is 14.4. The number of nitrogens with two attached hydrogens (primary N) is 1. The molecule has 0 aliphatic heterocycles. The van der Waals surface area contributed by atoms with Gasteiger partial charge in [-0.1, -0.05) is 164 Å². The molecular weight excluding hydrogens is 761 g/mol. The number of anilines is 2. The second kappa shape index (κ2) is 19.2. The highest BCUT2D eigenvalue weighted by Gasteiger charge is 2.42. The van der Waals surface area contributed by atoms with E-state index in [2.05, 4.69) is 111 Å². The number of nitrogen functional groups attached to an aromatic ring is 1. The van der Waals surface area contributed by atoms with Gasteiger partial charge in [-0.25, -0.2) is 14.6 Å². The number of pyridine rings is 2. The number of aromatic nitrogens is 8. The van der Waals surface area contributed by atoms with Crippen molar-refractivity contribution in [2.75, 3.05) is 31.3 Å². The number of nitrogens with zero attached hydrogens (tertiary/aromatic N) is 7. The van der Waals surface area contributed by atoms with Gasteiger partial charge in [0.25, 0.3) is 0 Å². The summed E-state index contributed by atoms with van der Waals surface area (Å²) in [4.78, 5) is 9.20. The summed E-state index contributed by atoms with van der Waals surface area (Å²) in [5.74, 6) is 1.06. The molecule has 12 nitrogen and oxygen atoms in total. The molecule has 0 aliphatic rings. The average Bonchev–Trinajstić information content (AvgIpc) is 3.97. The summed E-state index contributed by atoms with van der Waals surface area (Å²) in [6.45, 7) is 0.134. The van der Waals surface area contributed by atoms with Gasteiger partial charge in [0.2, 0.25) is 5.65 Å². The molecule has 0 aliphatic carbocycles. The maximum atomic E-state index is 10.1. The zero-order chi connectivity index (χ0) is 41.3. The van der Waals surface area contributed by atoms with Crippen LogP contribution in [0.2, 0.25) is 0 Å². The van der Waals surface area contributed by atoms with Crippen LogP contribution >= 0.6 is 0 Å². The lowest BCUT2D eigenvalue weighted by Crippen LogP contribution is -2.39. The van der Waals surface area contributed by atoms with E-state index in [0.29, 0.717) is 46.8 Å². The van der Waals surface area contributed by atoms with E-state index < -0.39 is 5.54 Å². The maximum Gasteiger partial charge on any atom is 0.203 e. The molecule has 0 unspecified atom stereocenters. The van der Waals surface area contributed by atoms with Crippen molar-refractivity contribution in [3.05, 3.63) is 203 Å². The van der Waals surface area contributed by atoms with E-state index in [1.807, 2.05) is 84.5 Å². The van der Waals surface area contributed by atoms with Gasteiger partial charge in [0.05, 0.1) is 0 Å². The van der Waals surface area contributed by atoms with Gasteiger partial charge in [0.15, 0.2) is 5.65 Å². The largest absolute Gasteiger partial charge is 0.396 e. The van der Waals surface area contributed by atoms with E-state index in [0.717, 1.165) is 38.9 Å². The molecule has 0 saturated carbocycles. The Morgan fingerprint density at radius 3 is 1.54 bits per heavy atom. The Morgan fingerprint density at radius 2 is 1.08 bits per heavy atom. The van der Waals surface area contributed by atoms with Crippen LogP contribution in [-0.2, 0) is 5.54 Å². The number of aliphatic hydroxyl groups is 2. The molecule has 0 radical (unpaired) electrons. The van der Waals surface area contributed by atoms with Gasteiger partial charge in [0.1, 0.15) is 28.2 Å². The van der Waals surface area contributed by atoms with Crippen molar-refractivity contribution < 1.29 is 10.2 Å². The summed E-state index contributed by atoms with van der Waals surface area (Å²) >= 11 is 0. The number of benzene rings is 5. The first-order chi connectivity index (χ1) is 29.6. The van der Waals surface area contributed by atoms with Crippen LogP contribution < -0.4 is 11.1 Å². The van der Waals surface area contributed by atoms with Gasteiger partial charge in [-0.05, 0) is 63.9 Å². The van der Waals surface area contributed by atoms with Crippen LogP contribution in [0.4, 0.5) is 11.6 Å². The molecule has 6 N–H and O–H groups in total. The van der Waals surface area contributed by atoms with Crippen LogP contribution in [0.1, 0.15) is 71.0 Å². The molecule has 4 heterocycles. The van der Waals surface area contributed by atoms with Crippen LogP contribution in [0.3, 0.4) is 0 Å². The standard InChI is InChI=1S/C34H31N5O.C14H15N5O.CH4/c1-35-31-24-30(29(22-23-40)25-14-6-2-7-15-25)32-33(36-31)39(38-37-32)34(26-16-8-3-9-17-26,27-18-10-4-11-19-27)28-20-12-5-13-21-28;15-12-8-11(13-14(16-12)18-19-17-13)10(6-7-20)9-4-2-1-3-5-9;/h2-21,24,29,40H,22-23H2,1H3,(H,35,36);1-5,8,10,20H,6-7H2,(H3,15,16,17,18,19);1H4/t29-;10-;/m11./s1. The first-order valence-electron chi connectivity index (χ1n) is 20.0. The summed E-state index contributed by atoms with van der Waals surface area (Å²) in [6.07, 6.45) is 1.15. The van der Waals surface area contributed by atoms with E-state index in [9.17, 15) is 10.2 Å². The minimum atomic E-state index is -0.839. The molecule has 5 aromatic carbocycles. The Labute approximate surface area is 355 Å². The quantitative estimate of drug-likeness (QED) is 0.0712. The zero-order valence-electron chi connectivity index (χ0n) is 33.2. The fraction of sp³-hybridized carbons (Fsp3) is 0.184. The molecule has 308 valence electrons. The second-order valence-electron chi connectivity index (χ2n) is 14.4. The molecule has 9 aromatic rings. The maximum absolute atomic E-state index is 10.1. The Balaban J connectivity index is 0.000000224. The first-order valence-corrected chi connectivity index (χ1v) is 20.0. The van der Waals surface area contributed by atoms with E-state index in [1.165, 1.54) is 0 Å². The normalized spacial score (nSPS) is 12.2. The van der Waals surface area contributed by atoms with Crippen LogP contribution in [0.5, 0.6) is 0 Å². The Kier molecular flexibility index (Phi) is 13.2. The molecule has 12 heteroatoms. The van der Waals surface area contributed by atoms with Gasteiger partial charge < -0.3 is 21.3 Å². The molecule has 0 amide bonds. The van der Waals surface area contributed by atoms with Crippen LogP contribution in [0, 0.1) is 0 Å². The minimum Gasteiger partial charge on any atom is -0.396 e. The molecule has 61 heavy (non-hydrogen) atoms. The lowest BCUT2D eigenvalue weighted by molar-refractivity contribution is 0.281. The van der Waals surface area contributed by atoms with Crippen molar-refractivity contribution in [1.29, 1.82) is 0 Å². The van der Waals surface area contributed by atoms with Crippen LogP contribution in [0.15, 0.2) is 164 Å². The van der Waals surface area contributed by atoms with Gasteiger partial charge in [-0.2, -0.15) is 10.3 Å². The lowest BCUT2D eigenvalue weighted by Gasteiger charge is -2.36. The smallest absolute Gasteiger partial charge is 0.203 e. The van der Waals surface area contributed by atoms with Gasteiger partial charge in [0, 0.05) is 32.1 Å². The average molecular weight is 811 g/mol. The number of fused-ring (bicyclic) bond motifs is 2. The van der Waals surface area contributed by atoms with E-state index in [1.54, 1.807) is 6.07 Å². The van der Waals surface area contributed by atoms with Crippen molar-refractivity contribution in [3.63, 3.8) is 0 Å². The van der Waals surface area contributed by atoms with E-state index in [-0.39, 0.29) is 32.5 Å². The Morgan fingerprint density at radius 1 is 0.623 bits per heavy atom. The number of hydrogen-bond donors (Lipinski definition) is 5. The first kappa shape index (κ1) is 41.9. The van der Waals surface area contributed by atoms with Crippen molar-refractivity contribution in [1.82, 2.24) is 40.4 Å². The number of nitrogens with one attached hydrogen (secondary N) is 2. The van der Waals surface area contributed by atoms with Crippen molar-refractivity contribution in [2.24, 2.45) is 0 Å². The third-order valence-electron chi connectivity index (χ3n) is 10.9. The third kappa shape index (κ3) is 8.31. The van der Waals surface area contributed by atoms with Crippen molar-refractivity contribution in [3.8, 4) is 0 Å². The monoisotopic (exact) mass is 810 g/mol. The number of aromatic amines is 1. The van der Waals surface area contributed by atoms with Crippen molar-refractivity contribution >= 4 is 34.0 Å². The fourth-order valence-electron chi connectivity index (χ4n) is 8.23. The number of H-pyrrole nitrogens is 1. The summed E-state index contributed by atoms with van der Waals surface area (Å²) in [6, 6.07) is 55.3. The summed E-state index contributed by atoms with van der Waals surface area (Å²) in [5.41, 5.74) is 14.9. The predicted octanol–water partition coefficient (Wildman–Crippen LogP) is 8.31. The number of aliphatic hydroxyl groups excluding tert-OH is 2. The highest BCUT2D eigenvalue weighted by atomic mass is 16.3. The highest BCUT2D eigenvalue weighted by Crippen LogP contribution is 2.43. The van der Waals surface area contributed by atoms with Gasteiger partial charge in [-0.3, -0.25) is 0 Å². The van der Waals surface area contributed by atoms with E-state index >= 15 is 0 Å². The molecule has 9 rings (SSSR count). The third-order valence-corrected chi connectivity index (χ3v) is 10.9. The van der Waals surface area contributed by atoms with Gasteiger partial charge in [-0.15, -0.1) is 10.2 Å². The molecular formula is C49H50N10O2. The predicted molar refractivity (Wildman–Crippen MR) is 242 cm³/mol. The highest BCUT2D eigenvalue weighted by molar-refractivity contribution is 5.80. The van der Waals surface area contributed by atoms with Crippen LogP contribution in [-0.4, -0.2) is 70.8 Å². The molecule has 2 atom stereocenters. The lowest BCUT2D eigenvalue weighted by atomic mass is 9.77. The fourth-order valence-corrected chi connectivity index (χ4v) is 8.23. The number of rotatable bonds is 13. The SMILES string of the molecule is C.CNc1cc([C@H](CCO)c2ccccc2)c2nnn(C(c3ccccc3)(c3ccccc3)c3ccccc3)c2n1.Nc1cc([C@H](CCO)c2ccccc2)c2n[nH]nc2n1. The zero-order valence-corrected chi connectivity index (χ0v) is 33.2. The minimum absolute atomic E-state index is 0. The number of hydrogen-bond acceptors (Lipinski definition) is 10. The van der Waals surface area contributed by atoms with Crippen molar-refractivity contribution in [2.45, 2.75) is 37.6 Å².